The van der Waals surface area contributed by atoms with Gasteiger partial charge in [0, 0.05) is 32.9 Å². The summed E-state index contributed by atoms with van der Waals surface area (Å²) in [6.07, 6.45) is 2.03. The van der Waals surface area contributed by atoms with E-state index in [-0.39, 0.29) is 0 Å². The third kappa shape index (κ3) is 7.43. The number of rotatable bonds is 10. The molecule has 0 aliphatic rings. The van der Waals surface area contributed by atoms with Gasteiger partial charge >= 0.3 is 0 Å². The summed E-state index contributed by atoms with van der Waals surface area (Å²) in [5, 5.41) is 3.47. The van der Waals surface area contributed by atoms with E-state index in [4.69, 9.17) is 9.47 Å². The molecule has 3 nitrogen and oxygen atoms in total. The van der Waals surface area contributed by atoms with Gasteiger partial charge in [-0.1, -0.05) is 30.3 Å². The van der Waals surface area contributed by atoms with E-state index in [1.165, 1.54) is 5.56 Å². The summed E-state index contributed by atoms with van der Waals surface area (Å²) in [6, 6.07) is 11.0. The normalized spacial score (nSPS) is 12.6. The summed E-state index contributed by atoms with van der Waals surface area (Å²) in [5.41, 5.74) is 1.37. The number of nitrogens with one attached hydrogen (secondary N) is 1. The van der Waals surface area contributed by atoms with Crippen LogP contribution in [0.5, 0.6) is 0 Å². The number of hydrogen-bond acceptors (Lipinski definition) is 3. The Bertz CT molecular complexity index is 290. The lowest BCUT2D eigenvalue weighted by Crippen LogP contribution is -2.31. The zero-order valence-electron chi connectivity index (χ0n) is 11.5. The smallest absolute Gasteiger partial charge is 0.0591 e. The van der Waals surface area contributed by atoms with Crippen LogP contribution in [0.15, 0.2) is 30.3 Å². The van der Waals surface area contributed by atoms with Gasteiger partial charge < -0.3 is 14.8 Å². The quantitative estimate of drug-likeness (QED) is 0.647. The summed E-state index contributed by atoms with van der Waals surface area (Å²) in [5.74, 6) is 0. The SMILES string of the molecule is COCCCOCCNC(C)Cc1ccccc1. The molecule has 0 amide bonds. The van der Waals surface area contributed by atoms with Gasteiger partial charge in [-0.15, -0.1) is 0 Å². The Morgan fingerprint density at radius 3 is 2.61 bits per heavy atom. The molecule has 1 N–H and O–H groups in total. The van der Waals surface area contributed by atoms with Gasteiger partial charge in [0.15, 0.2) is 0 Å². The molecule has 18 heavy (non-hydrogen) atoms. The van der Waals surface area contributed by atoms with Crippen molar-refractivity contribution >= 4 is 0 Å². The van der Waals surface area contributed by atoms with Crippen LogP contribution < -0.4 is 5.32 Å². The standard InChI is InChI=1S/C15H25NO2/c1-14(13-15-7-4-3-5-8-15)16-9-12-18-11-6-10-17-2/h3-5,7-8,14,16H,6,9-13H2,1-2H3. The lowest BCUT2D eigenvalue weighted by molar-refractivity contribution is 0.103. The van der Waals surface area contributed by atoms with Crippen LogP contribution in [-0.2, 0) is 15.9 Å². The first kappa shape index (κ1) is 15.2. The third-order valence-corrected chi connectivity index (χ3v) is 2.76. The second-order valence-electron chi connectivity index (χ2n) is 4.50. The minimum atomic E-state index is 0.481. The molecule has 1 aromatic carbocycles. The van der Waals surface area contributed by atoms with Gasteiger partial charge in [0.05, 0.1) is 6.61 Å². The molecular weight excluding hydrogens is 226 g/mol. The predicted molar refractivity (Wildman–Crippen MR) is 74.9 cm³/mol. The van der Waals surface area contributed by atoms with Crippen molar-refractivity contribution in [2.75, 3.05) is 33.5 Å². The first-order valence-corrected chi connectivity index (χ1v) is 6.67. The van der Waals surface area contributed by atoms with E-state index in [9.17, 15) is 0 Å². The monoisotopic (exact) mass is 251 g/mol. The van der Waals surface area contributed by atoms with Crippen molar-refractivity contribution in [3.05, 3.63) is 35.9 Å². The minimum Gasteiger partial charge on any atom is -0.385 e. The molecule has 0 radical (unpaired) electrons. The summed E-state index contributed by atoms with van der Waals surface area (Å²) in [4.78, 5) is 0. The molecule has 0 aliphatic heterocycles. The molecule has 0 bridgehead atoms. The maximum Gasteiger partial charge on any atom is 0.0591 e. The highest BCUT2D eigenvalue weighted by atomic mass is 16.5. The first-order valence-electron chi connectivity index (χ1n) is 6.67. The molecule has 1 atom stereocenters. The molecule has 0 aromatic heterocycles. The van der Waals surface area contributed by atoms with Crippen molar-refractivity contribution in [2.24, 2.45) is 0 Å². The fourth-order valence-corrected chi connectivity index (χ4v) is 1.82. The Morgan fingerprint density at radius 2 is 1.89 bits per heavy atom. The maximum absolute atomic E-state index is 5.49. The second-order valence-corrected chi connectivity index (χ2v) is 4.50. The van der Waals surface area contributed by atoms with Crippen LogP contribution in [0, 0.1) is 0 Å². The van der Waals surface area contributed by atoms with Crippen molar-refractivity contribution in [3.63, 3.8) is 0 Å². The van der Waals surface area contributed by atoms with E-state index in [1.807, 2.05) is 0 Å². The van der Waals surface area contributed by atoms with Gasteiger partial charge in [0.25, 0.3) is 0 Å². The highest BCUT2D eigenvalue weighted by Gasteiger charge is 2.01. The molecule has 0 heterocycles. The molecule has 0 spiro atoms. The fourth-order valence-electron chi connectivity index (χ4n) is 1.82. The molecule has 0 saturated heterocycles. The summed E-state index contributed by atoms with van der Waals surface area (Å²) in [6.45, 7) is 5.43. The van der Waals surface area contributed by atoms with Gasteiger partial charge in [-0.3, -0.25) is 0 Å². The molecule has 1 rings (SSSR count). The molecule has 1 unspecified atom stereocenters. The van der Waals surface area contributed by atoms with Crippen molar-refractivity contribution in [1.82, 2.24) is 5.32 Å². The Balaban J connectivity index is 1.99. The van der Waals surface area contributed by atoms with Crippen molar-refractivity contribution in [3.8, 4) is 0 Å². The highest BCUT2D eigenvalue weighted by Crippen LogP contribution is 2.02. The molecule has 0 saturated carbocycles. The topological polar surface area (TPSA) is 30.5 Å². The molecule has 3 heteroatoms. The molecule has 0 aliphatic carbocycles. The Hall–Kier alpha value is -0.900. The number of benzene rings is 1. The summed E-state index contributed by atoms with van der Waals surface area (Å²) < 4.78 is 10.5. The average Bonchev–Trinajstić information content (AvgIpc) is 2.39. The van der Waals surface area contributed by atoms with E-state index < -0.39 is 0 Å². The van der Waals surface area contributed by atoms with Gasteiger partial charge in [-0.2, -0.15) is 0 Å². The first-order chi connectivity index (χ1) is 8.83. The van der Waals surface area contributed by atoms with Crippen LogP contribution >= 0.6 is 0 Å². The van der Waals surface area contributed by atoms with Gasteiger partial charge in [0.1, 0.15) is 0 Å². The third-order valence-electron chi connectivity index (χ3n) is 2.76. The summed E-state index contributed by atoms with van der Waals surface area (Å²) in [7, 11) is 1.72. The highest BCUT2D eigenvalue weighted by molar-refractivity contribution is 5.15. The molecule has 1 aromatic rings. The fraction of sp³-hybridized carbons (Fsp3) is 0.600. The van der Waals surface area contributed by atoms with Crippen LogP contribution in [0.2, 0.25) is 0 Å². The van der Waals surface area contributed by atoms with Gasteiger partial charge in [-0.05, 0) is 25.3 Å². The largest absolute Gasteiger partial charge is 0.385 e. The molecular formula is C15H25NO2. The predicted octanol–water partition coefficient (Wildman–Crippen LogP) is 2.26. The van der Waals surface area contributed by atoms with Gasteiger partial charge in [0.2, 0.25) is 0 Å². The van der Waals surface area contributed by atoms with Crippen LogP contribution in [-0.4, -0.2) is 39.5 Å². The van der Waals surface area contributed by atoms with Crippen LogP contribution in [0.3, 0.4) is 0 Å². The van der Waals surface area contributed by atoms with E-state index >= 15 is 0 Å². The van der Waals surface area contributed by atoms with Crippen LogP contribution in [0.1, 0.15) is 18.9 Å². The van der Waals surface area contributed by atoms with Crippen molar-refractivity contribution in [1.29, 1.82) is 0 Å². The Labute approximate surface area is 110 Å². The van der Waals surface area contributed by atoms with E-state index in [0.717, 1.165) is 39.2 Å². The average molecular weight is 251 g/mol. The Morgan fingerprint density at radius 1 is 1.11 bits per heavy atom. The van der Waals surface area contributed by atoms with E-state index in [0.29, 0.717) is 6.04 Å². The molecule has 0 fully saturated rings. The Kier molecular flexibility index (Phi) is 8.47. The minimum absolute atomic E-state index is 0.481. The molecule has 102 valence electrons. The maximum atomic E-state index is 5.49. The van der Waals surface area contributed by atoms with Crippen LogP contribution in [0.25, 0.3) is 0 Å². The zero-order chi connectivity index (χ0) is 13.1. The van der Waals surface area contributed by atoms with Crippen LogP contribution in [0.4, 0.5) is 0 Å². The summed E-state index contributed by atoms with van der Waals surface area (Å²) >= 11 is 0. The number of methoxy groups -OCH3 is 1. The van der Waals surface area contributed by atoms with Crippen molar-refractivity contribution in [2.45, 2.75) is 25.8 Å². The lowest BCUT2D eigenvalue weighted by atomic mass is 10.1. The number of ether oxygens (including phenoxy) is 2. The zero-order valence-corrected chi connectivity index (χ0v) is 11.5. The lowest BCUT2D eigenvalue weighted by Gasteiger charge is -2.14. The van der Waals surface area contributed by atoms with E-state index in [2.05, 4.69) is 42.6 Å². The second kappa shape index (κ2) is 10.1. The van der Waals surface area contributed by atoms with Crippen molar-refractivity contribution < 1.29 is 9.47 Å². The van der Waals surface area contributed by atoms with E-state index in [1.54, 1.807) is 7.11 Å². The number of hydrogen-bond donors (Lipinski definition) is 1. The van der Waals surface area contributed by atoms with Gasteiger partial charge in [-0.25, -0.2) is 0 Å².